The molecule has 1 saturated heterocycles. The van der Waals surface area contributed by atoms with Gasteiger partial charge in [-0.3, -0.25) is 4.79 Å². The third kappa shape index (κ3) is 2.22. The van der Waals surface area contributed by atoms with Crippen LogP contribution in [0.1, 0.15) is 35.2 Å². The van der Waals surface area contributed by atoms with Gasteiger partial charge in [0.05, 0.1) is 30.4 Å². The van der Waals surface area contributed by atoms with Gasteiger partial charge >= 0.3 is 0 Å². The first-order valence-electron chi connectivity index (χ1n) is 6.72. The van der Waals surface area contributed by atoms with Crippen LogP contribution >= 0.6 is 0 Å². The average Bonchev–Trinajstić information content (AvgIpc) is 2.95. The lowest BCUT2D eigenvalue weighted by atomic mass is 10.1. The molecule has 4 heteroatoms. The number of ether oxygens (including phenoxy) is 1. The quantitative estimate of drug-likeness (QED) is 0.771. The van der Waals surface area contributed by atoms with Crippen LogP contribution in [0.4, 0.5) is 0 Å². The van der Waals surface area contributed by atoms with E-state index in [1.807, 2.05) is 4.90 Å². The monoisotopic (exact) mass is 256 g/mol. The molecule has 1 heterocycles. The third-order valence-electron chi connectivity index (χ3n) is 4.00. The maximum atomic E-state index is 12.5. The normalized spacial score (nSPS) is 25.7. The van der Waals surface area contributed by atoms with Crippen LogP contribution in [0.3, 0.4) is 0 Å². The van der Waals surface area contributed by atoms with Gasteiger partial charge in [-0.25, -0.2) is 0 Å². The van der Waals surface area contributed by atoms with Gasteiger partial charge in [-0.05, 0) is 43.5 Å². The van der Waals surface area contributed by atoms with Crippen molar-refractivity contribution in [1.29, 1.82) is 5.26 Å². The number of nitriles is 1. The summed E-state index contributed by atoms with van der Waals surface area (Å²) in [7, 11) is 0. The highest BCUT2D eigenvalue weighted by Gasteiger charge is 2.38. The van der Waals surface area contributed by atoms with Gasteiger partial charge in [0.15, 0.2) is 0 Å². The zero-order chi connectivity index (χ0) is 13.2. The number of hydrogen-bond donors (Lipinski definition) is 0. The highest BCUT2D eigenvalue weighted by atomic mass is 16.5. The second-order valence-corrected chi connectivity index (χ2v) is 5.10. The predicted molar refractivity (Wildman–Crippen MR) is 69.6 cm³/mol. The third-order valence-corrected chi connectivity index (χ3v) is 4.00. The van der Waals surface area contributed by atoms with E-state index in [-0.39, 0.29) is 18.1 Å². The molecule has 0 spiro atoms. The minimum absolute atomic E-state index is 0.0599. The summed E-state index contributed by atoms with van der Waals surface area (Å²) in [6, 6.07) is 9.16. The standard InChI is InChI=1S/C15H16N2O2/c16-10-11-4-6-12(7-5-11)15(18)17-8-9-19-14-3-1-2-13(14)17/h4-7,13-14H,1-3,8-9H2. The Hall–Kier alpha value is -1.86. The van der Waals surface area contributed by atoms with E-state index >= 15 is 0 Å². The number of fused-ring (bicyclic) bond motifs is 1. The molecule has 2 fully saturated rings. The van der Waals surface area contributed by atoms with E-state index in [0.29, 0.717) is 24.3 Å². The summed E-state index contributed by atoms with van der Waals surface area (Å²) in [6.45, 7) is 1.29. The fourth-order valence-electron chi connectivity index (χ4n) is 3.03. The van der Waals surface area contributed by atoms with Gasteiger partial charge in [0.2, 0.25) is 0 Å². The number of hydrogen-bond acceptors (Lipinski definition) is 3. The van der Waals surface area contributed by atoms with Crippen LogP contribution in [0.5, 0.6) is 0 Å². The fourth-order valence-corrected chi connectivity index (χ4v) is 3.03. The molecule has 0 N–H and O–H groups in total. The Morgan fingerprint density at radius 1 is 1.32 bits per heavy atom. The number of benzene rings is 1. The Morgan fingerprint density at radius 2 is 2.11 bits per heavy atom. The van der Waals surface area contributed by atoms with Gasteiger partial charge in [-0.2, -0.15) is 5.26 Å². The van der Waals surface area contributed by atoms with Crippen molar-refractivity contribution in [2.24, 2.45) is 0 Å². The summed E-state index contributed by atoms with van der Waals surface area (Å²) < 4.78 is 5.72. The Morgan fingerprint density at radius 3 is 2.84 bits per heavy atom. The van der Waals surface area contributed by atoms with Crippen molar-refractivity contribution in [3.05, 3.63) is 35.4 Å². The zero-order valence-electron chi connectivity index (χ0n) is 10.7. The molecule has 2 unspecified atom stereocenters. The van der Waals surface area contributed by atoms with Crippen molar-refractivity contribution in [2.45, 2.75) is 31.4 Å². The lowest BCUT2D eigenvalue weighted by molar-refractivity contribution is -0.0445. The first-order chi connectivity index (χ1) is 9.29. The van der Waals surface area contributed by atoms with Crippen molar-refractivity contribution in [1.82, 2.24) is 4.90 Å². The lowest BCUT2D eigenvalue weighted by Gasteiger charge is -2.37. The van der Waals surface area contributed by atoms with Crippen LogP contribution in [-0.2, 0) is 4.74 Å². The second kappa shape index (κ2) is 5.02. The van der Waals surface area contributed by atoms with Crippen LogP contribution in [0, 0.1) is 11.3 Å². The molecule has 2 aliphatic rings. The van der Waals surface area contributed by atoms with Gasteiger partial charge < -0.3 is 9.64 Å². The number of rotatable bonds is 1. The molecule has 19 heavy (non-hydrogen) atoms. The van der Waals surface area contributed by atoms with Crippen LogP contribution in [0.2, 0.25) is 0 Å². The molecule has 1 aromatic rings. The van der Waals surface area contributed by atoms with E-state index in [2.05, 4.69) is 6.07 Å². The molecule has 1 aliphatic carbocycles. The van der Waals surface area contributed by atoms with Gasteiger partial charge in [0.25, 0.3) is 5.91 Å². The molecular formula is C15H16N2O2. The minimum atomic E-state index is 0.0599. The van der Waals surface area contributed by atoms with Gasteiger partial charge in [0, 0.05) is 12.1 Å². The molecule has 1 saturated carbocycles. The predicted octanol–water partition coefficient (Wildman–Crippen LogP) is 1.95. The topological polar surface area (TPSA) is 53.3 Å². The van der Waals surface area contributed by atoms with Gasteiger partial charge in [0.1, 0.15) is 0 Å². The van der Waals surface area contributed by atoms with Crippen molar-refractivity contribution in [3.63, 3.8) is 0 Å². The molecule has 0 aromatic heterocycles. The second-order valence-electron chi connectivity index (χ2n) is 5.10. The summed E-state index contributed by atoms with van der Waals surface area (Å²) >= 11 is 0. The molecular weight excluding hydrogens is 240 g/mol. The smallest absolute Gasteiger partial charge is 0.254 e. The first kappa shape index (κ1) is 12.2. The summed E-state index contributed by atoms with van der Waals surface area (Å²) in [5.41, 5.74) is 1.24. The Labute approximate surface area is 112 Å². The molecule has 0 radical (unpaired) electrons. The average molecular weight is 256 g/mol. The van der Waals surface area contributed by atoms with Crippen LogP contribution in [-0.4, -0.2) is 36.1 Å². The molecule has 98 valence electrons. The first-order valence-corrected chi connectivity index (χ1v) is 6.72. The van der Waals surface area contributed by atoms with Gasteiger partial charge in [-0.1, -0.05) is 0 Å². The largest absolute Gasteiger partial charge is 0.374 e. The number of carbonyl (C=O) groups excluding carboxylic acids is 1. The van der Waals surface area contributed by atoms with Crippen molar-refractivity contribution < 1.29 is 9.53 Å². The van der Waals surface area contributed by atoms with Crippen molar-refractivity contribution in [3.8, 4) is 6.07 Å². The molecule has 0 bridgehead atoms. The maximum absolute atomic E-state index is 12.5. The number of carbonyl (C=O) groups is 1. The summed E-state index contributed by atoms with van der Waals surface area (Å²) in [6.07, 6.45) is 3.44. The van der Waals surface area contributed by atoms with E-state index in [1.165, 1.54) is 0 Å². The van der Waals surface area contributed by atoms with Crippen molar-refractivity contribution >= 4 is 5.91 Å². The molecule has 4 nitrogen and oxygen atoms in total. The van der Waals surface area contributed by atoms with E-state index in [1.54, 1.807) is 24.3 Å². The minimum Gasteiger partial charge on any atom is -0.374 e. The van der Waals surface area contributed by atoms with Crippen LogP contribution < -0.4 is 0 Å². The highest BCUT2D eigenvalue weighted by molar-refractivity contribution is 5.94. The van der Waals surface area contributed by atoms with E-state index in [9.17, 15) is 4.79 Å². The highest BCUT2D eigenvalue weighted by Crippen LogP contribution is 2.30. The van der Waals surface area contributed by atoms with Crippen LogP contribution in [0.25, 0.3) is 0 Å². The Kier molecular flexibility index (Phi) is 3.22. The van der Waals surface area contributed by atoms with Gasteiger partial charge in [-0.15, -0.1) is 0 Å². The Bertz CT molecular complexity index is 518. The SMILES string of the molecule is N#Cc1ccc(C(=O)N2CCOC3CCCC32)cc1. The molecule has 1 aliphatic heterocycles. The number of morpholine rings is 1. The van der Waals surface area contributed by atoms with E-state index in [0.717, 1.165) is 19.3 Å². The zero-order valence-corrected chi connectivity index (χ0v) is 10.7. The van der Waals surface area contributed by atoms with Crippen LogP contribution in [0.15, 0.2) is 24.3 Å². The maximum Gasteiger partial charge on any atom is 0.254 e. The Balaban J connectivity index is 1.80. The van der Waals surface area contributed by atoms with E-state index in [4.69, 9.17) is 10.00 Å². The molecule has 1 amide bonds. The number of amides is 1. The number of nitrogens with zero attached hydrogens (tertiary/aromatic N) is 2. The summed E-state index contributed by atoms with van der Waals surface area (Å²) in [5, 5.41) is 8.78. The molecule has 1 aromatic carbocycles. The van der Waals surface area contributed by atoms with E-state index < -0.39 is 0 Å². The molecule has 2 atom stereocenters. The van der Waals surface area contributed by atoms with Crippen molar-refractivity contribution in [2.75, 3.05) is 13.2 Å². The lowest BCUT2D eigenvalue weighted by Crippen LogP contribution is -2.51. The fraction of sp³-hybridized carbons (Fsp3) is 0.467. The summed E-state index contributed by atoms with van der Waals surface area (Å²) in [5.74, 6) is 0.0599. The molecule has 3 rings (SSSR count). The summed E-state index contributed by atoms with van der Waals surface area (Å²) in [4.78, 5) is 14.5.